The van der Waals surface area contributed by atoms with E-state index >= 15 is 0 Å². The van der Waals surface area contributed by atoms with E-state index in [1.807, 2.05) is 16.9 Å². The number of nitrogens with zero attached hydrogens (tertiary/aromatic N) is 2. The highest BCUT2D eigenvalue weighted by Crippen LogP contribution is 2.24. The topological polar surface area (TPSA) is 64.0 Å². The predicted molar refractivity (Wildman–Crippen MR) is 96.2 cm³/mol. The van der Waals surface area contributed by atoms with Gasteiger partial charge >= 0.3 is 0 Å². The van der Waals surface area contributed by atoms with Crippen molar-refractivity contribution in [1.29, 1.82) is 0 Å². The van der Waals surface area contributed by atoms with Crippen LogP contribution in [0.15, 0.2) is 42.7 Å². The number of benzene rings is 1. The first-order chi connectivity index (χ1) is 11.5. The van der Waals surface area contributed by atoms with Crippen molar-refractivity contribution in [3.63, 3.8) is 0 Å². The van der Waals surface area contributed by atoms with Crippen LogP contribution in [0, 0.1) is 0 Å². The summed E-state index contributed by atoms with van der Waals surface area (Å²) in [6.45, 7) is 0.803. The minimum absolute atomic E-state index is 0.0945. The van der Waals surface area contributed by atoms with Gasteiger partial charge in [0, 0.05) is 24.7 Å². The minimum Gasteiger partial charge on any atom is -0.312 e. The molecule has 1 heterocycles. The highest BCUT2D eigenvalue weighted by atomic mass is 32.2. The lowest BCUT2D eigenvalue weighted by Crippen LogP contribution is -2.46. The standard InChI is InChI=1S/C18H25N3O2S/c1-24(22,23)18-6-3-2-5-17(18)19-13-11-15-7-9-16(10-8-15)21-14-4-12-20-21/h4,7-10,12,14,17-19H,2-3,5-6,11,13H2,1H3/t17-,18+/m1/s1. The molecule has 2 atom stereocenters. The molecule has 0 radical (unpaired) electrons. The number of sulfone groups is 1. The molecular formula is C18H25N3O2S. The fraction of sp³-hybridized carbons (Fsp3) is 0.500. The molecule has 1 N–H and O–H groups in total. The SMILES string of the molecule is CS(=O)(=O)[C@H]1CCCC[C@H]1NCCc1ccc(-n2cccn2)cc1. The zero-order valence-corrected chi connectivity index (χ0v) is 14.9. The number of hydrogen-bond donors (Lipinski definition) is 1. The summed E-state index contributed by atoms with van der Waals surface area (Å²) in [6.07, 6.45) is 9.82. The van der Waals surface area contributed by atoms with Crippen LogP contribution in [0.5, 0.6) is 0 Å². The molecular weight excluding hydrogens is 322 g/mol. The fourth-order valence-corrected chi connectivity index (χ4v) is 4.91. The summed E-state index contributed by atoms with van der Waals surface area (Å²) < 4.78 is 25.7. The molecule has 24 heavy (non-hydrogen) atoms. The van der Waals surface area contributed by atoms with E-state index in [-0.39, 0.29) is 11.3 Å². The molecule has 0 amide bonds. The molecule has 1 aliphatic rings. The third-order valence-electron chi connectivity index (χ3n) is 4.78. The predicted octanol–water partition coefficient (Wildman–Crippen LogP) is 2.36. The van der Waals surface area contributed by atoms with Gasteiger partial charge in [0.1, 0.15) is 0 Å². The smallest absolute Gasteiger partial charge is 0.151 e. The maximum absolute atomic E-state index is 11.9. The quantitative estimate of drug-likeness (QED) is 0.871. The van der Waals surface area contributed by atoms with E-state index in [1.165, 1.54) is 11.8 Å². The molecule has 1 aliphatic carbocycles. The molecule has 1 saturated carbocycles. The lowest BCUT2D eigenvalue weighted by Gasteiger charge is -2.31. The zero-order valence-electron chi connectivity index (χ0n) is 14.1. The highest BCUT2D eigenvalue weighted by Gasteiger charge is 2.32. The summed E-state index contributed by atoms with van der Waals surface area (Å²) >= 11 is 0. The van der Waals surface area contributed by atoms with Gasteiger partial charge in [0.25, 0.3) is 0 Å². The Kier molecular flexibility index (Phi) is 5.36. The van der Waals surface area contributed by atoms with Crippen LogP contribution in [0.2, 0.25) is 0 Å². The fourth-order valence-electron chi connectivity index (χ4n) is 3.48. The van der Waals surface area contributed by atoms with Gasteiger partial charge in [0.15, 0.2) is 9.84 Å². The Bertz CT molecular complexity index is 739. The Labute approximate surface area is 144 Å². The first-order valence-corrected chi connectivity index (χ1v) is 10.5. The number of nitrogens with one attached hydrogen (secondary N) is 1. The number of rotatable bonds is 6. The molecule has 130 valence electrons. The Hall–Kier alpha value is -1.66. The summed E-state index contributed by atoms with van der Waals surface area (Å²) in [6, 6.07) is 10.3. The van der Waals surface area contributed by atoms with Crippen LogP contribution >= 0.6 is 0 Å². The molecule has 0 unspecified atom stereocenters. The van der Waals surface area contributed by atoms with E-state index in [9.17, 15) is 8.42 Å². The van der Waals surface area contributed by atoms with Gasteiger partial charge in [-0.2, -0.15) is 5.10 Å². The van der Waals surface area contributed by atoms with Crippen molar-refractivity contribution in [1.82, 2.24) is 15.1 Å². The van der Waals surface area contributed by atoms with Crippen molar-refractivity contribution in [2.45, 2.75) is 43.4 Å². The van der Waals surface area contributed by atoms with Crippen molar-refractivity contribution in [3.8, 4) is 5.69 Å². The van der Waals surface area contributed by atoms with Crippen LogP contribution in [-0.4, -0.2) is 42.3 Å². The third kappa shape index (κ3) is 4.24. The summed E-state index contributed by atoms with van der Waals surface area (Å²) in [5.41, 5.74) is 2.28. The molecule has 6 heteroatoms. The summed E-state index contributed by atoms with van der Waals surface area (Å²) in [5.74, 6) is 0. The Morgan fingerprint density at radius 3 is 2.62 bits per heavy atom. The van der Waals surface area contributed by atoms with Crippen LogP contribution in [0.25, 0.3) is 5.69 Å². The van der Waals surface area contributed by atoms with Crippen molar-refractivity contribution >= 4 is 9.84 Å². The van der Waals surface area contributed by atoms with Crippen LogP contribution < -0.4 is 5.32 Å². The first kappa shape index (κ1) is 17.2. The van der Waals surface area contributed by atoms with Crippen molar-refractivity contribution in [2.75, 3.05) is 12.8 Å². The van der Waals surface area contributed by atoms with E-state index in [4.69, 9.17) is 0 Å². The van der Waals surface area contributed by atoms with E-state index in [1.54, 1.807) is 6.20 Å². The molecule has 2 aromatic rings. The average molecular weight is 347 g/mol. The van der Waals surface area contributed by atoms with E-state index in [0.29, 0.717) is 0 Å². The van der Waals surface area contributed by atoms with Gasteiger partial charge < -0.3 is 5.32 Å². The van der Waals surface area contributed by atoms with Gasteiger partial charge in [-0.15, -0.1) is 0 Å². The Morgan fingerprint density at radius 2 is 1.96 bits per heavy atom. The molecule has 5 nitrogen and oxygen atoms in total. The van der Waals surface area contributed by atoms with Gasteiger partial charge in [0.2, 0.25) is 0 Å². The van der Waals surface area contributed by atoms with Gasteiger partial charge in [-0.25, -0.2) is 13.1 Å². The normalized spacial score (nSPS) is 21.7. The monoisotopic (exact) mass is 347 g/mol. The van der Waals surface area contributed by atoms with E-state index < -0.39 is 9.84 Å². The summed E-state index contributed by atoms with van der Waals surface area (Å²) in [7, 11) is -2.97. The minimum atomic E-state index is -2.97. The Morgan fingerprint density at radius 1 is 1.21 bits per heavy atom. The third-order valence-corrected chi connectivity index (χ3v) is 6.44. The van der Waals surface area contributed by atoms with E-state index in [0.717, 1.165) is 44.3 Å². The molecule has 1 aromatic carbocycles. The van der Waals surface area contributed by atoms with E-state index in [2.05, 4.69) is 34.7 Å². The highest BCUT2D eigenvalue weighted by molar-refractivity contribution is 7.91. The molecule has 0 saturated heterocycles. The second-order valence-electron chi connectivity index (χ2n) is 6.58. The lowest BCUT2D eigenvalue weighted by atomic mass is 9.94. The van der Waals surface area contributed by atoms with Crippen LogP contribution in [0.1, 0.15) is 31.2 Å². The molecule has 0 aliphatic heterocycles. The number of aromatic nitrogens is 2. The maximum atomic E-state index is 11.9. The van der Waals surface area contributed by atoms with Gasteiger partial charge in [-0.1, -0.05) is 25.0 Å². The second kappa shape index (κ2) is 7.49. The van der Waals surface area contributed by atoms with Crippen LogP contribution in [0.3, 0.4) is 0 Å². The average Bonchev–Trinajstić information content (AvgIpc) is 3.09. The van der Waals surface area contributed by atoms with Crippen molar-refractivity contribution < 1.29 is 8.42 Å². The summed E-state index contributed by atoms with van der Waals surface area (Å²) in [5, 5.41) is 7.46. The second-order valence-corrected chi connectivity index (χ2v) is 8.84. The van der Waals surface area contributed by atoms with Crippen LogP contribution in [-0.2, 0) is 16.3 Å². The first-order valence-electron chi connectivity index (χ1n) is 8.55. The van der Waals surface area contributed by atoms with Gasteiger partial charge in [-0.05, 0) is 49.6 Å². The molecule has 0 bridgehead atoms. The molecule has 1 fully saturated rings. The zero-order chi connectivity index (χ0) is 17.0. The number of hydrogen-bond acceptors (Lipinski definition) is 4. The molecule has 3 rings (SSSR count). The van der Waals surface area contributed by atoms with Crippen molar-refractivity contribution in [3.05, 3.63) is 48.3 Å². The van der Waals surface area contributed by atoms with Gasteiger partial charge in [-0.3, -0.25) is 0 Å². The molecule has 0 spiro atoms. The lowest BCUT2D eigenvalue weighted by molar-refractivity contribution is 0.373. The largest absolute Gasteiger partial charge is 0.312 e. The van der Waals surface area contributed by atoms with Crippen molar-refractivity contribution in [2.24, 2.45) is 0 Å². The summed E-state index contributed by atoms with van der Waals surface area (Å²) in [4.78, 5) is 0. The molecule has 1 aromatic heterocycles. The maximum Gasteiger partial charge on any atom is 0.151 e. The van der Waals surface area contributed by atoms with Gasteiger partial charge in [0.05, 0.1) is 10.9 Å². The Balaban J connectivity index is 1.54. The van der Waals surface area contributed by atoms with Crippen LogP contribution in [0.4, 0.5) is 0 Å².